The van der Waals surface area contributed by atoms with Gasteiger partial charge in [-0.3, -0.25) is 0 Å². The first kappa shape index (κ1) is 12.2. The van der Waals surface area contributed by atoms with Gasteiger partial charge < -0.3 is 4.65 Å². The van der Waals surface area contributed by atoms with E-state index in [1.54, 1.807) is 0 Å². The first-order chi connectivity index (χ1) is 9.22. The molecule has 0 bridgehead atoms. The van der Waals surface area contributed by atoms with Crippen LogP contribution < -0.4 is 5.46 Å². The van der Waals surface area contributed by atoms with Crippen LogP contribution >= 0.6 is 0 Å². The fourth-order valence-corrected chi connectivity index (χ4v) is 2.52. The molecular formula is C17H17BO. The van der Waals surface area contributed by atoms with Crippen molar-refractivity contribution in [2.75, 3.05) is 0 Å². The molecule has 1 nitrogen and oxygen atoms in total. The van der Waals surface area contributed by atoms with Gasteiger partial charge in [0.15, 0.2) is 0 Å². The highest BCUT2D eigenvalue weighted by Gasteiger charge is 2.22. The van der Waals surface area contributed by atoms with Gasteiger partial charge in [-0.05, 0) is 35.1 Å². The van der Waals surface area contributed by atoms with Crippen LogP contribution in [0.5, 0.6) is 0 Å². The van der Waals surface area contributed by atoms with Crippen LogP contribution in [0.1, 0.15) is 22.3 Å². The monoisotopic (exact) mass is 248 g/mol. The summed E-state index contributed by atoms with van der Waals surface area (Å²) in [5.74, 6) is 0. The van der Waals surface area contributed by atoms with Crippen molar-refractivity contribution in [3.05, 3.63) is 64.7 Å². The standard InChI is InChI=1S/C17H17BO/c1-13-4-3-5-14(10-13)6-7-15-8-9-17-16(11-15)12-19-18(17)2/h3-11H,12H2,1-2H3/b7-6+. The van der Waals surface area contributed by atoms with Gasteiger partial charge in [0, 0.05) is 0 Å². The van der Waals surface area contributed by atoms with Crippen molar-refractivity contribution < 1.29 is 4.65 Å². The quantitative estimate of drug-likeness (QED) is 0.583. The number of benzene rings is 2. The topological polar surface area (TPSA) is 9.23 Å². The third-order valence-electron chi connectivity index (χ3n) is 3.60. The minimum atomic E-state index is 0.241. The van der Waals surface area contributed by atoms with Crippen molar-refractivity contribution in [3.63, 3.8) is 0 Å². The van der Waals surface area contributed by atoms with Crippen molar-refractivity contribution in [2.24, 2.45) is 0 Å². The smallest absolute Gasteiger partial charge is 0.324 e. The lowest BCUT2D eigenvalue weighted by Crippen LogP contribution is -2.23. The first-order valence-corrected chi connectivity index (χ1v) is 6.71. The van der Waals surface area contributed by atoms with Crippen molar-refractivity contribution in [2.45, 2.75) is 20.4 Å². The zero-order chi connectivity index (χ0) is 13.2. The van der Waals surface area contributed by atoms with Gasteiger partial charge in [-0.2, -0.15) is 0 Å². The molecule has 0 aliphatic carbocycles. The van der Waals surface area contributed by atoms with E-state index in [0.29, 0.717) is 0 Å². The molecular weight excluding hydrogens is 231 g/mol. The van der Waals surface area contributed by atoms with Crippen LogP contribution in [0.25, 0.3) is 12.2 Å². The summed E-state index contributed by atoms with van der Waals surface area (Å²) in [7, 11) is 0. The van der Waals surface area contributed by atoms with Gasteiger partial charge in [0.1, 0.15) is 0 Å². The first-order valence-electron chi connectivity index (χ1n) is 6.71. The zero-order valence-corrected chi connectivity index (χ0v) is 11.4. The molecule has 1 heterocycles. The molecule has 0 saturated heterocycles. The zero-order valence-electron chi connectivity index (χ0n) is 11.4. The van der Waals surface area contributed by atoms with Gasteiger partial charge in [0.2, 0.25) is 0 Å². The highest BCUT2D eigenvalue weighted by Crippen LogP contribution is 2.15. The molecule has 0 aromatic heterocycles. The lowest BCUT2D eigenvalue weighted by Gasteiger charge is -2.01. The Bertz CT molecular complexity index is 631. The molecule has 2 aromatic carbocycles. The maximum atomic E-state index is 5.63. The molecule has 1 aliphatic heterocycles. The van der Waals surface area contributed by atoms with Crippen LogP contribution in [0.4, 0.5) is 0 Å². The Morgan fingerprint density at radius 2 is 1.84 bits per heavy atom. The molecule has 0 amide bonds. The van der Waals surface area contributed by atoms with E-state index in [2.05, 4.69) is 68.4 Å². The van der Waals surface area contributed by atoms with E-state index in [4.69, 9.17) is 4.65 Å². The lowest BCUT2D eigenvalue weighted by atomic mass is 9.64. The van der Waals surface area contributed by atoms with E-state index < -0.39 is 0 Å². The Labute approximate surface area is 115 Å². The second-order valence-electron chi connectivity index (χ2n) is 5.16. The van der Waals surface area contributed by atoms with Gasteiger partial charge in [0.05, 0.1) is 6.61 Å². The van der Waals surface area contributed by atoms with Crippen molar-refractivity contribution in [1.29, 1.82) is 0 Å². The summed E-state index contributed by atoms with van der Waals surface area (Å²) < 4.78 is 5.63. The molecule has 3 rings (SSSR count). The number of hydrogen-bond donors (Lipinski definition) is 0. The van der Waals surface area contributed by atoms with Crippen LogP contribution in [0, 0.1) is 6.92 Å². The average molecular weight is 248 g/mol. The predicted molar refractivity (Wildman–Crippen MR) is 82.6 cm³/mol. The predicted octanol–water partition coefficient (Wildman–Crippen LogP) is 3.52. The highest BCUT2D eigenvalue weighted by molar-refractivity contribution is 6.67. The van der Waals surface area contributed by atoms with Gasteiger partial charge in [-0.25, -0.2) is 0 Å². The van der Waals surface area contributed by atoms with Crippen LogP contribution in [-0.4, -0.2) is 6.92 Å². The van der Waals surface area contributed by atoms with Crippen molar-refractivity contribution in [1.82, 2.24) is 0 Å². The number of aryl methyl sites for hydroxylation is 1. The second kappa shape index (κ2) is 5.06. The maximum Gasteiger partial charge on any atom is 0.324 e. The van der Waals surface area contributed by atoms with Crippen LogP contribution in [0.2, 0.25) is 6.82 Å². The molecule has 2 aromatic rings. The van der Waals surface area contributed by atoms with Crippen LogP contribution in [0.15, 0.2) is 42.5 Å². The Morgan fingerprint density at radius 3 is 2.63 bits per heavy atom. The number of rotatable bonds is 2. The SMILES string of the molecule is CB1OCc2cc(/C=C/c3cccc(C)c3)ccc21. The Kier molecular flexibility index (Phi) is 3.26. The molecule has 2 heteroatoms. The van der Waals surface area contributed by atoms with E-state index in [-0.39, 0.29) is 6.92 Å². The highest BCUT2D eigenvalue weighted by atomic mass is 16.4. The molecule has 0 atom stereocenters. The summed E-state index contributed by atoms with van der Waals surface area (Å²) in [4.78, 5) is 0. The van der Waals surface area contributed by atoms with Gasteiger partial charge in [-0.15, -0.1) is 0 Å². The third kappa shape index (κ3) is 2.64. The molecule has 0 unspecified atom stereocenters. The summed E-state index contributed by atoms with van der Waals surface area (Å²) in [6.45, 7) is 5.20. The van der Waals surface area contributed by atoms with Crippen molar-refractivity contribution in [3.8, 4) is 0 Å². The minimum absolute atomic E-state index is 0.241. The fourth-order valence-electron chi connectivity index (χ4n) is 2.52. The largest absolute Gasteiger partial charge is 0.427 e. The molecule has 0 radical (unpaired) electrons. The van der Waals surface area contributed by atoms with Crippen LogP contribution in [-0.2, 0) is 11.3 Å². The van der Waals surface area contributed by atoms with Crippen LogP contribution in [0.3, 0.4) is 0 Å². The van der Waals surface area contributed by atoms with E-state index in [1.165, 1.54) is 27.7 Å². The van der Waals surface area contributed by atoms with E-state index in [9.17, 15) is 0 Å². The Balaban J connectivity index is 1.84. The molecule has 94 valence electrons. The second-order valence-corrected chi connectivity index (χ2v) is 5.16. The van der Waals surface area contributed by atoms with Gasteiger partial charge in [-0.1, -0.05) is 60.9 Å². The summed E-state index contributed by atoms with van der Waals surface area (Å²) in [6, 6.07) is 15.1. The molecule has 0 spiro atoms. The van der Waals surface area contributed by atoms with Gasteiger partial charge >= 0.3 is 6.92 Å². The van der Waals surface area contributed by atoms with E-state index in [0.717, 1.165) is 6.61 Å². The Morgan fingerprint density at radius 1 is 1.05 bits per heavy atom. The molecule has 1 aliphatic rings. The normalized spacial score (nSPS) is 14.1. The summed E-state index contributed by atoms with van der Waals surface area (Å²) in [5, 5.41) is 0. The fraction of sp³-hybridized carbons (Fsp3) is 0.176. The summed E-state index contributed by atoms with van der Waals surface area (Å²) in [5.41, 5.74) is 6.41. The van der Waals surface area contributed by atoms with E-state index >= 15 is 0 Å². The Hall–Kier alpha value is -1.80. The lowest BCUT2D eigenvalue weighted by molar-refractivity contribution is 0.333. The maximum absolute atomic E-state index is 5.63. The minimum Gasteiger partial charge on any atom is -0.427 e. The summed E-state index contributed by atoms with van der Waals surface area (Å²) >= 11 is 0. The average Bonchev–Trinajstić information content (AvgIpc) is 2.78. The molecule has 19 heavy (non-hydrogen) atoms. The molecule has 0 fully saturated rings. The number of fused-ring (bicyclic) bond motifs is 1. The van der Waals surface area contributed by atoms with E-state index in [1.807, 2.05) is 0 Å². The van der Waals surface area contributed by atoms with Gasteiger partial charge in [0.25, 0.3) is 0 Å². The molecule has 0 N–H and O–H groups in total. The molecule has 0 saturated carbocycles. The summed E-state index contributed by atoms with van der Waals surface area (Å²) in [6.07, 6.45) is 4.33. The van der Waals surface area contributed by atoms with Crippen molar-refractivity contribution >= 4 is 24.5 Å². The third-order valence-corrected chi connectivity index (χ3v) is 3.60. The number of hydrogen-bond acceptors (Lipinski definition) is 1.